The molecule has 1 fully saturated rings. The molecule has 0 spiro atoms. The zero-order chi connectivity index (χ0) is 24.1. The van der Waals surface area contributed by atoms with E-state index < -0.39 is 17.3 Å². The van der Waals surface area contributed by atoms with Crippen molar-refractivity contribution in [1.29, 1.82) is 0 Å². The average molecular weight is 483 g/mol. The van der Waals surface area contributed by atoms with E-state index in [1.165, 1.54) is 22.9 Å². The molecule has 7 nitrogen and oxygen atoms in total. The third kappa shape index (κ3) is 5.38. The Labute approximate surface area is 203 Å². The first-order chi connectivity index (χ1) is 16.5. The van der Waals surface area contributed by atoms with Crippen LogP contribution in [-0.4, -0.2) is 64.7 Å². The fraction of sp³-hybridized carbons (Fsp3) is 0.423. The van der Waals surface area contributed by atoms with Crippen LogP contribution in [0.25, 0.3) is 11.1 Å². The second-order valence-electron chi connectivity index (χ2n) is 8.70. The highest BCUT2D eigenvalue weighted by Crippen LogP contribution is 2.44. The number of ether oxygens (including phenoxy) is 1. The minimum atomic E-state index is -0.899. The van der Waals surface area contributed by atoms with E-state index in [9.17, 15) is 19.5 Å². The van der Waals surface area contributed by atoms with Gasteiger partial charge in [0, 0.05) is 37.2 Å². The molecule has 1 unspecified atom stereocenters. The van der Waals surface area contributed by atoms with Crippen LogP contribution < -0.4 is 5.32 Å². The van der Waals surface area contributed by atoms with E-state index in [1.807, 2.05) is 31.2 Å². The van der Waals surface area contributed by atoms with Gasteiger partial charge in [-0.25, -0.2) is 4.79 Å². The standard InChI is InChI=1S/C26H30N2O5S/c1-2-7-17(14-24(29)28-12-13-34-23(15-28)25(30)31)27-26(32)33-16-22-20-10-5-3-8-18(20)19-9-4-6-11-21(19)22/h3-6,8-11,17,22-23H,2,7,12-16H2,1H3,(H,27,32)(H,30,31)/t17-,23?/m0/s1. The lowest BCUT2D eigenvalue weighted by Gasteiger charge is -2.31. The lowest BCUT2D eigenvalue weighted by atomic mass is 9.98. The summed E-state index contributed by atoms with van der Waals surface area (Å²) in [7, 11) is 0. The highest BCUT2D eigenvalue weighted by atomic mass is 32.2. The number of benzene rings is 2. The van der Waals surface area contributed by atoms with E-state index in [0.717, 1.165) is 17.5 Å². The van der Waals surface area contributed by atoms with Crippen LogP contribution in [0.1, 0.15) is 43.2 Å². The first kappa shape index (κ1) is 24.1. The summed E-state index contributed by atoms with van der Waals surface area (Å²) in [5.41, 5.74) is 4.63. The largest absolute Gasteiger partial charge is 0.480 e. The van der Waals surface area contributed by atoms with E-state index in [1.54, 1.807) is 4.90 Å². The Bertz CT molecular complexity index is 1010. The van der Waals surface area contributed by atoms with Crippen molar-refractivity contribution in [2.24, 2.45) is 0 Å². The summed E-state index contributed by atoms with van der Waals surface area (Å²) < 4.78 is 5.64. The van der Waals surface area contributed by atoms with E-state index >= 15 is 0 Å². The number of thioether (sulfide) groups is 1. The van der Waals surface area contributed by atoms with Gasteiger partial charge in [0.15, 0.2) is 0 Å². The maximum Gasteiger partial charge on any atom is 0.407 e. The highest BCUT2D eigenvalue weighted by molar-refractivity contribution is 8.00. The van der Waals surface area contributed by atoms with Crippen LogP contribution in [-0.2, 0) is 14.3 Å². The predicted molar refractivity (Wildman–Crippen MR) is 132 cm³/mol. The Morgan fingerprint density at radius 1 is 1.12 bits per heavy atom. The van der Waals surface area contributed by atoms with Crippen LogP contribution in [0.4, 0.5) is 4.79 Å². The zero-order valence-electron chi connectivity index (χ0n) is 19.2. The molecule has 34 heavy (non-hydrogen) atoms. The number of carbonyl (C=O) groups is 3. The molecule has 2 aromatic carbocycles. The molecule has 180 valence electrons. The molecule has 1 aliphatic carbocycles. The topological polar surface area (TPSA) is 95.9 Å². The van der Waals surface area contributed by atoms with Gasteiger partial charge in [-0.05, 0) is 28.7 Å². The molecule has 0 radical (unpaired) electrons. The Balaban J connectivity index is 1.35. The summed E-state index contributed by atoms with van der Waals surface area (Å²) in [6, 6.07) is 16.0. The van der Waals surface area contributed by atoms with Crippen molar-refractivity contribution in [3.63, 3.8) is 0 Å². The number of rotatable bonds is 8. The molecule has 8 heteroatoms. The van der Waals surface area contributed by atoms with E-state index in [4.69, 9.17) is 4.74 Å². The Morgan fingerprint density at radius 3 is 2.38 bits per heavy atom. The van der Waals surface area contributed by atoms with Crippen LogP contribution in [0.2, 0.25) is 0 Å². The molecule has 2 atom stereocenters. The normalized spacial score (nSPS) is 18.0. The number of hydrogen-bond donors (Lipinski definition) is 2. The molecule has 2 amide bonds. The number of hydrogen-bond acceptors (Lipinski definition) is 5. The van der Waals surface area contributed by atoms with Gasteiger partial charge in [-0.2, -0.15) is 0 Å². The number of carboxylic acids is 1. The summed E-state index contributed by atoms with van der Waals surface area (Å²) in [4.78, 5) is 38.4. The third-order valence-electron chi connectivity index (χ3n) is 6.42. The molecule has 1 aliphatic heterocycles. The monoisotopic (exact) mass is 482 g/mol. The Kier molecular flexibility index (Phi) is 7.77. The van der Waals surface area contributed by atoms with Gasteiger partial charge in [0.2, 0.25) is 5.91 Å². The van der Waals surface area contributed by atoms with Crippen molar-refractivity contribution in [1.82, 2.24) is 10.2 Å². The van der Waals surface area contributed by atoms with Crippen molar-refractivity contribution >= 4 is 29.7 Å². The zero-order valence-corrected chi connectivity index (χ0v) is 20.1. The number of carboxylic acid groups (broad SMARTS) is 1. The van der Waals surface area contributed by atoms with Crippen LogP contribution in [0.3, 0.4) is 0 Å². The van der Waals surface area contributed by atoms with Gasteiger partial charge in [0.25, 0.3) is 0 Å². The first-order valence-corrected chi connectivity index (χ1v) is 12.8. The SMILES string of the molecule is CCC[C@@H](CC(=O)N1CCSC(C(=O)O)C1)NC(=O)OCC1c2ccccc2-c2ccccc21. The van der Waals surface area contributed by atoms with Crippen molar-refractivity contribution in [2.45, 2.75) is 43.4 Å². The lowest BCUT2D eigenvalue weighted by Crippen LogP contribution is -2.47. The Morgan fingerprint density at radius 2 is 1.76 bits per heavy atom. The predicted octanol–water partition coefficient (Wildman–Crippen LogP) is 4.11. The van der Waals surface area contributed by atoms with Crippen molar-refractivity contribution in [3.8, 4) is 11.1 Å². The summed E-state index contributed by atoms with van der Waals surface area (Å²) in [6.45, 7) is 2.94. The summed E-state index contributed by atoms with van der Waals surface area (Å²) in [5, 5.41) is 11.5. The molecule has 1 saturated heterocycles. The maximum atomic E-state index is 12.8. The second kappa shape index (κ2) is 11.0. The van der Waals surface area contributed by atoms with Gasteiger partial charge in [-0.1, -0.05) is 61.9 Å². The maximum absolute atomic E-state index is 12.8. The smallest absolute Gasteiger partial charge is 0.407 e. The molecule has 0 aromatic heterocycles. The number of nitrogens with zero attached hydrogens (tertiary/aromatic N) is 1. The summed E-state index contributed by atoms with van der Waals surface area (Å²) in [6.07, 6.45) is 1.04. The molecule has 4 rings (SSSR count). The summed E-state index contributed by atoms with van der Waals surface area (Å²) in [5.74, 6) is -0.461. The van der Waals surface area contributed by atoms with Gasteiger partial charge in [0.05, 0.1) is 0 Å². The fourth-order valence-corrected chi connectivity index (χ4v) is 5.78. The first-order valence-electron chi connectivity index (χ1n) is 11.7. The molecule has 0 saturated carbocycles. The number of nitrogens with one attached hydrogen (secondary N) is 1. The second-order valence-corrected chi connectivity index (χ2v) is 10.0. The fourth-order valence-electron chi connectivity index (χ4n) is 4.75. The van der Waals surface area contributed by atoms with Gasteiger partial charge in [-0.3, -0.25) is 9.59 Å². The quantitative estimate of drug-likeness (QED) is 0.588. The molecule has 0 bridgehead atoms. The van der Waals surface area contributed by atoms with E-state index in [-0.39, 0.29) is 37.4 Å². The van der Waals surface area contributed by atoms with Crippen LogP contribution >= 0.6 is 11.8 Å². The number of alkyl carbamates (subject to hydrolysis) is 1. The van der Waals surface area contributed by atoms with Crippen molar-refractivity contribution in [2.75, 3.05) is 25.4 Å². The van der Waals surface area contributed by atoms with Crippen molar-refractivity contribution < 1.29 is 24.2 Å². The highest BCUT2D eigenvalue weighted by Gasteiger charge is 2.31. The average Bonchev–Trinajstić information content (AvgIpc) is 3.16. The van der Waals surface area contributed by atoms with E-state index in [0.29, 0.717) is 18.7 Å². The van der Waals surface area contributed by atoms with Crippen LogP contribution in [0.15, 0.2) is 48.5 Å². The molecule has 2 aromatic rings. The van der Waals surface area contributed by atoms with Crippen LogP contribution in [0, 0.1) is 0 Å². The lowest BCUT2D eigenvalue weighted by molar-refractivity contribution is -0.138. The van der Waals surface area contributed by atoms with Gasteiger partial charge in [0.1, 0.15) is 11.9 Å². The molecule has 2 aliphatic rings. The minimum absolute atomic E-state index is 0.0248. The van der Waals surface area contributed by atoms with Gasteiger partial charge < -0.3 is 20.1 Å². The molecular weight excluding hydrogens is 452 g/mol. The molecule has 2 N–H and O–H groups in total. The number of carbonyl (C=O) groups excluding carboxylic acids is 2. The number of aliphatic carboxylic acids is 1. The molecular formula is C26H30N2O5S. The Hall–Kier alpha value is -3.00. The van der Waals surface area contributed by atoms with Crippen molar-refractivity contribution in [3.05, 3.63) is 59.7 Å². The molecule has 1 heterocycles. The number of amides is 2. The third-order valence-corrected chi connectivity index (χ3v) is 7.59. The van der Waals surface area contributed by atoms with Crippen LogP contribution in [0.5, 0.6) is 0 Å². The number of fused-ring (bicyclic) bond motifs is 3. The van der Waals surface area contributed by atoms with E-state index in [2.05, 4.69) is 29.6 Å². The van der Waals surface area contributed by atoms with Gasteiger partial charge >= 0.3 is 12.1 Å². The summed E-state index contributed by atoms with van der Waals surface area (Å²) >= 11 is 1.36. The van der Waals surface area contributed by atoms with Gasteiger partial charge in [-0.15, -0.1) is 11.8 Å². The minimum Gasteiger partial charge on any atom is -0.480 e.